The highest BCUT2D eigenvalue weighted by Crippen LogP contribution is 2.33. The molecule has 0 saturated carbocycles. The van der Waals surface area contributed by atoms with Crippen LogP contribution >= 0.6 is 0 Å². The molecule has 0 radical (unpaired) electrons. The van der Waals surface area contributed by atoms with E-state index >= 15 is 0 Å². The molecule has 0 aliphatic heterocycles. The van der Waals surface area contributed by atoms with Crippen molar-refractivity contribution in [3.8, 4) is 17.2 Å². The molecule has 0 saturated heterocycles. The Morgan fingerprint density at radius 2 is 1.65 bits per heavy atom. The van der Waals surface area contributed by atoms with Gasteiger partial charge in [-0.25, -0.2) is 4.39 Å². The lowest BCUT2D eigenvalue weighted by molar-refractivity contribution is -0.137. The quantitative estimate of drug-likeness (QED) is 0.264. The highest BCUT2D eigenvalue weighted by atomic mass is 19.1. The molecule has 2 N–H and O–H groups in total. The van der Waals surface area contributed by atoms with Crippen molar-refractivity contribution in [3.63, 3.8) is 0 Å². The predicted octanol–water partition coefficient (Wildman–Crippen LogP) is 5.36. The fraction of sp³-hybridized carbons (Fsp3) is 0.423. The first-order valence-electron chi connectivity index (χ1n) is 11.4. The molecule has 34 heavy (non-hydrogen) atoms. The number of Topliss-reactive ketones (excluding diaryl/α,β-unsaturated/α-hetero) is 2. The number of hydrogen-bond donors (Lipinski definition) is 2. The van der Waals surface area contributed by atoms with Crippen LogP contribution in [0.15, 0.2) is 30.3 Å². The first-order valence-corrected chi connectivity index (χ1v) is 11.4. The van der Waals surface area contributed by atoms with Crippen molar-refractivity contribution in [2.24, 2.45) is 0 Å². The summed E-state index contributed by atoms with van der Waals surface area (Å²) in [5.41, 5.74) is 0.950. The van der Waals surface area contributed by atoms with Gasteiger partial charge >= 0.3 is 5.97 Å². The van der Waals surface area contributed by atoms with Gasteiger partial charge in [0.15, 0.2) is 23.1 Å². The Hall–Kier alpha value is -3.42. The van der Waals surface area contributed by atoms with Crippen LogP contribution in [0.2, 0.25) is 0 Å². The van der Waals surface area contributed by atoms with Gasteiger partial charge in [0, 0.05) is 24.8 Å². The number of aromatic hydroxyl groups is 1. The zero-order valence-electron chi connectivity index (χ0n) is 19.6. The van der Waals surface area contributed by atoms with Crippen molar-refractivity contribution >= 4 is 17.5 Å². The van der Waals surface area contributed by atoms with E-state index in [2.05, 4.69) is 0 Å². The van der Waals surface area contributed by atoms with Crippen molar-refractivity contribution in [2.45, 2.75) is 58.8 Å². The predicted molar refractivity (Wildman–Crippen MR) is 125 cm³/mol. The minimum atomic E-state index is -0.920. The minimum absolute atomic E-state index is 0.0188. The molecule has 7 nitrogen and oxygen atoms in total. The number of ether oxygens (including phenoxy) is 2. The van der Waals surface area contributed by atoms with E-state index in [4.69, 9.17) is 14.6 Å². The lowest BCUT2D eigenvalue weighted by Crippen LogP contribution is -2.10. The van der Waals surface area contributed by atoms with Gasteiger partial charge in [-0.05, 0) is 50.5 Å². The van der Waals surface area contributed by atoms with Gasteiger partial charge in [-0.2, -0.15) is 0 Å². The number of carboxylic acid groups (broad SMARTS) is 1. The molecular weight excluding hydrogens is 443 g/mol. The van der Waals surface area contributed by atoms with Crippen LogP contribution < -0.4 is 9.47 Å². The van der Waals surface area contributed by atoms with Crippen LogP contribution in [-0.2, 0) is 11.2 Å². The summed E-state index contributed by atoms with van der Waals surface area (Å²) in [6.45, 7) is 3.67. The van der Waals surface area contributed by atoms with Gasteiger partial charge in [-0.15, -0.1) is 0 Å². The Morgan fingerprint density at radius 3 is 2.32 bits per heavy atom. The normalized spacial score (nSPS) is 10.7. The minimum Gasteiger partial charge on any atom is -0.507 e. The average Bonchev–Trinajstić information content (AvgIpc) is 2.78. The van der Waals surface area contributed by atoms with Crippen LogP contribution in [0.5, 0.6) is 17.2 Å². The standard InChI is InChI=1S/C26H31FO7/c1-3-8-20-23(14-13-18(17(2)28)25(20)32)33-15-7-16-34-26-19(9-6-10-21(26)27)22(29)11-4-5-12-24(30)31/h6,9-10,13-14,32H,3-5,7-8,11-12,15-16H2,1-2H3,(H,30,31). The van der Waals surface area contributed by atoms with Gasteiger partial charge in [0.1, 0.15) is 11.5 Å². The molecule has 0 aliphatic rings. The molecule has 0 fully saturated rings. The summed E-state index contributed by atoms with van der Waals surface area (Å²) in [5, 5.41) is 19.1. The van der Waals surface area contributed by atoms with Crippen LogP contribution in [0.1, 0.15) is 78.7 Å². The summed E-state index contributed by atoms with van der Waals surface area (Å²) < 4.78 is 25.7. The number of aliphatic carboxylic acids is 1. The second-order valence-corrected chi connectivity index (χ2v) is 7.94. The fourth-order valence-electron chi connectivity index (χ4n) is 3.52. The maximum Gasteiger partial charge on any atom is 0.303 e. The second kappa shape index (κ2) is 13.3. The molecule has 0 atom stereocenters. The molecule has 2 rings (SSSR count). The van der Waals surface area contributed by atoms with E-state index in [1.165, 1.54) is 31.2 Å². The SMILES string of the molecule is CCCc1c(OCCCOc2c(F)cccc2C(=O)CCCCC(=O)O)ccc(C(C)=O)c1O. The summed E-state index contributed by atoms with van der Waals surface area (Å²) in [6, 6.07) is 7.31. The van der Waals surface area contributed by atoms with Crippen LogP contribution in [0.3, 0.4) is 0 Å². The van der Waals surface area contributed by atoms with Crippen molar-refractivity contribution in [1.82, 2.24) is 0 Å². The third-order valence-electron chi connectivity index (χ3n) is 5.22. The van der Waals surface area contributed by atoms with E-state index in [0.29, 0.717) is 37.0 Å². The van der Waals surface area contributed by atoms with E-state index in [1.54, 1.807) is 6.07 Å². The van der Waals surface area contributed by atoms with Crippen molar-refractivity contribution < 1.29 is 38.5 Å². The van der Waals surface area contributed by atoms with Gasteiger partial charge in [-0.3, -0.25) is 14.4 Å². The summed E-state index contributed by atoms with van der Waals surface area (Å²) in [7, 11) is 0. The molecule has 8 heteroatoms. The first-order chi connectivity index (χ1) is 16.3. The highest BCUT2D eigenvalue weighted by molar-refractivity contribution is 5.98. The topological polar surface area (TPSA) is 110 Å². The Bertz CT molecular complexity index is 1020. The Balaban J connectivity index is 1.94. The molecule has 0 bridgehead atoms. The molecular formula is C26H31FO7. The van der Waals surface area contributed by atoms with E-state index in [1.807, 2.05) is 6.92 Å². The zero-order valence-corrected chi connectivity index (χ0v) is 19.6. The molecule has 0 heterocycles. The van der Waals surface area contributed by atoms with E-state index in [0.717, 1.165) is 6.42 Å². The van der Waals surface area contributed by atoms with Crippen LogP contribution in [0, 0.1) is 5.82 Å². The smallest absolute Gasteiger partial charge is 0.303 e. The molecule has 0 spiro atoms. The number of carbonyl (C=O) groups excluding carboxylic acids is 2. The molecule has 0 aliphatic carbocycles. The Kier molecular flexibility index (Phi) is 10.5. The average molecular weight is 475 g/mol. The third-order valence-corrected chi connectivity index (χ3v) is 5.22. The second-order valence-electron chi connectivity index (χ2n) is 7.94. The number of phenols is 1. The number of benzene rings is 2. The van der Waals surface area contributed by atoms with Crippen molar-refractivity contribution in [2.75, 3.05) is 13.2 Å². The summed E-state index contributed by atoms with van der Waals surface area (Å²) in [5.74, 6) is -1.81. The first kappa shape index (κ1) is 26.8. The summed E-state index contributed by atoms with van der Waals surface area (Å²) in [6.07, 6.45) is 2.55. The van der Waals surface area contributed by atoms with Gasteiger partial charge in [0.05, 0.1) is 24.3 Å². The van der Waals surface area contributed by atoms with E-state index in [-0.39, 0.29) is 60.2 Å². The van der Waals surface area contributed by atoms with Crippen molar-refractivity contribution in [1.29, 1.82) is 0 Å². The van der Waals surface area contributed by atoms with Gasteiger partial charge in [0.2, 0.25) is 0 Å². The van der Waals surface area contributed by atoms with Crippen LogP contribution in [0.4, 0.5) is 4.39 Å². The lowest BCUT2D eigenvalue weighted by atomic mass is 10.0. The number of carboxylic acids is 1. The Labute approximate surface area is 198 Å². The lowest BCUT2D eigenvalue weighted by Gasteiger charge is -2.15. The van der Waals surface area contributed by atoms with Crippen LogP contribution in [0.25, 0.3) is 0 Å². The number of para-hydroxylation sites is 1. The molecule has 184 valence electrons. The summed E-state index contributed by atoms with van der Waals surface area (Å²) >= 11 is 0. The fourth-order valence-corrected chi connectivity index (χ4v) is 3.52. The zero-order chi connectivity index (χ0) is 25.1. The molecule has 2 aromatic carbocycles. The molecule has 0 amide bonds. The van der Waals surface area contributed by atoms with Gasteiger partial charge in [0.25, 0.3) is 0 Å². The number of phenolic OH excluding ortho intramolecular Hbond substituents is 1. The number of rotatable bonds is 15. The number of hydrogen-bond acceptors (Lipinski definition) is 6. The molecule has 0 aromatic heterocycles. The highest BCUT2D eigenvalue weighted by Gasteiger charge is 2.18. The van der Waals surface area contributed by atoms with E-state index < -0.39 is 11.8 Å². The number of ketones is 2. The molecule has 0 unspecified atom stereocenters. The number of halogens is 1. The van der Waals surface area contributed by atoms with Gasteiger partial charge in [-0.1, -0.05) is 19.4 Å². The maximum atomic E-state index is 14.3. The number of unbranched alkanes of at least 4 members (excludes halogenated alkanes) is 1. The maximum absolute atomic E-state index is 14.3. The number of carbonyl (C=O) groups is 3. The van der Waals surface area contributed by atoms with E-state index in [9.17, 15) is 23.9 Å². The van der Waals surface area contributed by atoms with Crippen molar-refractivity contribution in [3.05, 3.63) is 52.8 Å². The van der Waals surface area contributed by atoms with Crippen LogP contribution in [-0.4, -0.2) is 41.0 Å². The van der Waals surface area contributed by atoms with Gasteiger partial charge < -0.3 is 19.7 Å². The third kappa shape index (κ3) is 7.57. The molecule has 2 aromatic rings. The Morgan fingerprint density at radius 1 is 0.941 bits per heavy atom. The summed E-state index contributed by atoms with van der Waals surface area (Å²) in [4.78, 5) is 34.7. The monoisotopic (exact) mass is 474 g/mol. The largest absolute Gasteiger partial charge is 0.507 e.